The monoisotopic (exact) mass is 322 g/mol. The van der Waals surface area contributed by atoms with Crippen LogP contribution in [0, 0.1) is 19.3 Å². The second-order valence-electron chi connectivity index (χ2n) is 7.37. The van der Waals surface area contributed by atoms with Gasteiger partial charge in [-0.05, 0) is 61.8 Å². The molecular weight excluding hydrogens is 296 g/mol. The predicted molar refractivity (Wildman–Crippen MR) is 89.2 cm³/mol. The van der Waals surface area contributed by atoms with Crippen molar-refractivity contribution >= 4 is 10.0 Å². The Morgan fingerprint density at radius 2 is 2.00 bits per heavy atom. The third-order valence-corrected chi connectivity index (χ3v) is 6.00. The molecule has 1 aromatic carbocycles. The molecule has 4 nitrogen and oxygen atoms in total. The average Bonchev–Trinajstić information content (AvgIpc) is 2.76. The number of nitrogens with one attached hydrogen (secondary N) is 1. The van der Waals surface area contributed by atoms with Crippen molar-refractivity contribution in [2.75, 3.05) is 19.3 Å². The van der Waals surface area contributed by atoms with Crippen molar-refractivity contribution in [1.82, 2.24) is 9.62 Å². The van der Waals surface area contributed by atoms with E-state index in [-0.39, 0.29) is 6.04 Å². The molecule has 1 aromatic rings. The van der Waals surface area contributed by atoms with Crippen LogP contribution in [0.5, 0.6) is 0 Å². The zero-order valence-electron chi connectivity index (χ0n) is 13.7. The molecule has 2 aliphatic rings. The second-order valence-corrected chi connectivity index (χ2v) is 9.15. The predicted octanol–water partition coefficient (Wildman–Crippen LogP) is 2.21. The van der Waals surface area contributed by atoms with E-state index < -0.39 is 10.0 Å². The first-order valence-electron chi connectivity index (χ1n) is 8.01. The maximum atomic E-state index is 11.3. The molecule has 1 saturated heterocycles. The van der Waals surface area contributed by atoms with Gasteiger partial charge in [0.25, 0.3) is 0 Å². The van der Waals surface area contributed by atoms with E-state index in [9.17, 15) is 8.42 Å². The maximum absolute atomic E-state index is 11.3. The lowest BCUT2D eigenvalue weighted by atomic mass is 9.65. The highest BCUT2D eigenvalue weighted by Crippen LogP contribution is 2.48. The minimum absolute atomic E-state index is 0.150. The van der Waals surface area contributed by atoms with Gasteiger partial charge in [-0.25, -0.2) is 13.1 Å². The molecule has 0 amide bonds. The molecule has 1 aliphatic heterocycles. The van der Waals surface area contributed by atoms with Crippen LogP contribution in [0.1, 0.15) is 36.0 Å². The van der Waals surface area contributed by atoms with Gasteiger partial charge in [0.05, 0.1) is 6.26 Å². The topological polar surface area (TPSA) is 49.4 Å². The summed E-state index contributed by atoms with van der Waals surface area (Å²) in [4.78, 5) is 2.51. The highest BCUT2D eigenvalue weighted by Gasteiger charge is 2.48. The lowest BCUT2D eigenvalue weighted by molar-refractivity contribution is 0.101. The zero-order valence-corrected chi connectivity index (χ0v) is 14.5. The van der Waals surface area contributed by atoms with Crippen molar-refractivity contribution in [3.8, 4) is 0 Å². The number of benzene rings is 1. The smallest absolute Gasteiger partial charge is 0.208 e. The molecular formula is C17H26N2O2S. The van der Waals surface area contributed by atoms with Gasteiger partial charge in [0, 0.05) is 19.1 Å². The Morgan fingerprint density at radius 3 is 2.64 bits per heavy atom. The van der Waals surface area contributed by atoms with E-state index in [1.54, 1.807) is 0 Å². The second kappa shape index (κ2) is 5.62. The normalized spacial score (nSPS) is 29.0. The van der Waals surface area contributed by atoms with Crippen LogP contribution in [0.4, 0.5) is 0 Å². The van der Waals surface area contributed by atoms with E-state index in [2.05, 4.69) is 41.7 Å². The first-order valence-corrected chi connectivity index (χ1v) is 9.90. The van der Waals surface area contributed by atoms with Crippen molar-refractivity contribution in [1.29, 1.82) is 0 Å². The zero-order chi connectivity index (χ0) is 16.0. The van der Waals surface area contributed by atoms with E-state index in [1.165, 1.54) is 29.4 Å². The molecule has 0 unspecified atom stereocenters. The molecule has 0 aromatic heterocycles. The lowest BCUT2D eigenvalue weighted by Crippen LogP contribution is -2.51. The summed E-state index contributed by atoms with van der Waals surface area (Å²) in [5, 5.41) is 0. The van der Waals surface area contributed by atoms with E-state index in [1.807, 2.05) is 0 Å². The molecule has 5 heteroatoms. The first-order chi connectivity index (χ1) is 10.2. The van der Waals surface area contributed by atoms with Crippen LogP contribution in [0.2, 0.25) is 0 Å². The minimum Gasteiger partial charge on any atom is -0.299 e. The largest absolute Gasteiger partial charge is 0.299 e. The van der Waals surface area contributed by atoms with E-state index >= 15 is 0 Å². The molecule has 0 radical (unpaired) electrons. The Morgan fingerprint density at radius 1 is 1.27 bits per heavy atom. The van der Waals surface area contributed by atoms with Crippen LogP contribution >= 0.6 is 0 Å². The summed E-state index contributed by atoms with van der Waals surface area (Å²) in [6.45, 7) is 7.54. The van der Waals surface area contributed by atoms with Gasteiger partial charge in [0.15, 0.2) is 0 Å². The third kappa shape index (κ3) is 3.53. The van der Waals surface area contributed by atoms with Crippen molar-refractivity contribution < 1.29 is 8.42 Å². The summed E-state index contributed by atoms with van der Waals surface area (Å²) in [5.74, 6) is 0. The summed E-state index contributed by atoms with van der Waals surface area (Å²) < 4.78 is 25.3. The van der Waals surface area contributed by atoms with Crippen LogP contribution < -0.4 is 4.72 Å². The highest BCUT2D eigenvalue weighted by atomic mass is 32.2. The molecule has 1 N–H and O–H groups in total. The molecule has 0 bridgehead atoms. The van der Waals surface area contributed by atoms with Gasteiger partial charge >= 0.3 is 0 Å². The fourth-order valence-electron chi connectivity index (χ4n) is 4.03. The maximum Gasteiger partial charge on any atom is 0.208 e. The lowest BCUT2D eigenvalue weighted by Gasteiger charge is -2.45. The number of sulfonamides is 1. The standard InChI is InChI=1S/C17H26N2O2S/c1-13-4-5-15(8-14(13)2)11-19-7-6-17(12-19)9-16(10-17)18-22(3,20)21/h4-5,8,16,18H,6-7,9-12H2,1-3H3. The molecule has 1 spiro atoms. The van der Waals surface area contributed by atoms with E-state index in [0.717, 1.165) is 32.5 Å². The summed E-state index contributed by atoms with van der Waals surface area (Å²) in [6.07, 6.45) is 4.42. The van der Waals surface area contributed by atoms with Gasteiger partial charge in [-0.2, -0.15) is 0 Å². The molecule has 22 heavy (non-hydrogen) atoms. The first kappa shape index (κ1) is 16.0. The van der Waals surface area contributed by atoms with Gasteiger partial charge in [-0.15, -0.1) is 0 Å². The molecule has 2 fully saturated rings. The number of hydrogen-bond donors (Lipinski definition) is 1. The summed E-state index contributed by atoms with van der Waals surface area (Å²) in [6, 6.07) is 6.86. The molecule has 122 valence electrons. The summed E-state index contributed by atoms with van der Waals surface area (Å²) >= 11 is 0. The van der Waals surface area contributed by atoms with Crippen molar-refractivity contribution in [3.63, 3.8) is 0 Å². The van der Waals surface area contributed by atoms with Crippen LogP contribution in [0.25, 0.3) is 0 Å². The number of aryl methyl sites for hydroxylation is 2. The number of likely N-dealkylation sites (tertiary alicyclic amines) is 1. The molecule has 1 aliphatic carbocycles. The van der Waals surface area contributed by atoms with E-state index in [4.69, 9.17) is 0 Å². The van der Waals surface area contributed by atoms with E-state index in [0.29, 0.717) is 5.41 Å². The van der Waals surface area contributed by atoms with Crippen LogP contribution in [0.3, 0.4) is 0 Å². The van der Waals surface area contributed by atoms with Crippen molar-refractivity contribution in [2.45, 2.75) is 45.7 Å². The molecule has 3 rings (SSSR count). The summed E-state index contributed by atoms with van der Waals surface area (Å²) in [5.41, 5.74) is 4.43. The van der Waals surface area contributed by atoms with Crippen LogP contribution in [-0.4, -0.2) is 38.7 Å². The Balaban J connectivity index is 1.54. The SMILES string of the molecule is Cc1ccc(CN2CCC3(CC(NS(C)(=O)=O)C3)C2)cc1C. The van der Waals surface area contributed by atoms with Gasteiger partial charge in [-0.3, -0.25) is 4.90 Å². The average molecular weight is 322 g/mol. The quantitative estimate of drug-likeness (QED) is 0.924. The number of rotatable bonds is 4. The van der Waals surface area contributed by atoms with Crippen molar-refractivity contribution in [3.05, 3.63) is 34.9 Å². The Labute approximate surface area is 134 Å². The van der Waals surface area contributed by atoms with Crippen LogP contribution in [0.15, 0.2) is 18.2 Å². The molecule has 0 atom stereocenters. The Hall–Kier alpha value is -0.910. The van der Waals surface area contributed by atoms with Crippen molar-refractivity contribution in [2.24, 2.45) is 5.41 Å². The minimum atomic E-state index is -3.06. The number of nitrogens with zero attached hydrogens (tertiary/aromatic N) is 1. The summed E-state index contributed by atoms with van der Waals surface area (Å²) in [7, 11) is -3.06. The third-order valence-electron chi connectivity index (χ3n) is 5.23. The molecule has 1 heterocycles. The number of hydrogen-bond acceptors (Lipinski definition) is 3. The molecule has 1 saturated carbocycles. The highest BCUT2D eigenvalue weighted by molar-refractivity contribution is 7.88. The van der Waals surface area contributed by atoms with Crippen LogP contribution in [-0.2, 0) is 16.6 Å². The fourth-order valence-corrected chi connectivity index (χ4v) is 4.80. The Kier molecular flexibility index (Phi) is 4.08. The van der Waals surface area contributed by atoms with Gasteiger partial charge < -0.3 is 0 Å². The van der Waals surface area contributed by atoms with Gasteiger partial charge in [-0.1, -0.05) is 18.2 Å². The fraction of sp³-hybridized carbons (Fsp3) is 0.647. The van der Waals surface area contributed by atoms with Gasteiger partial charge in [0.2, 0.25) is 10.0 Å². The Bertz CT molecular complexity index is 663. The van der Waals surface area contributed by atoms with Gasteiger partial charge in [0.1, 0.15) is 0 Å².